The Morgan fingerprint density at radius 2 is 1.62 bits per heavy atom. The van der Waals surface area contributed by atoms with Crippen LogP contribution in [0, 0.1) is 17.8 Å². The molecule has 0 N–H and O–H groups in total. The lowest BCUT2D eigenvalue weighted by molar-refractivity contribution is -0.162. The van der Waals surface area contributed by atoms with Crippen molar-refractivity contribution in [3.05, 3.63) is 0 Å². The normalized spacial score (nSPS) is 29.8. The monoisotopic (exact) mass is 429 g/mol. The molecule has 0 spiro atoms. The summed E-state index contributed by atoms with van der Waals surface area (Å²) in [6.07, 6.45) is -0.312. The first-order valence-electron chi connectivity index (χ1n) is 10.1. The van der Waals surface area contributed by atoms with Gasteiger partial charge in [-0.2, -0.15) is 11.8 Å². The van der Waals surface area contributed by atoms with Gasteiger partial charge in [0.15, 0.2) is 0 Å². The Labute approximate surface area is 178 Å². The lowest BCUT2D eigenvalue weighted by atomic mass is 9.79. The number of methoxy groups -OCH3 is 1. The molecule has 0 saturated carbocycles. The number of nitrogens with zero attached hydrogens (tertiary/aromatic N) is 1. The molecule has 8 heteroatoms. The van der Waals surface area contributed by atoms with Gasteiger partial charge in [-0.1, -0.05) is 6.92 Å². The summed E-state index contributed by atoms with van der Waals surface area (Å²) in [7, 11) is 1.36. The number of esters is 2. The molecule has 2 aliphatic rings. The number of ether oxygens (including phenoxy) is 3. The summed E-state index contributed by atoms with van der Waals surface area (Å²) in [5, 5.41) is -0.117. The summed E-state index contributed by atoms with van der Waals surface area (Å²) < 4.78 is 16.1. The standard InChI is InChI=1S/C21H35NO6S/c1-12-11-29-14(9-15(23)26-8)16-13(12)10-22(19(25)28-21(5,6)7)17(16)18(24)27-20(2,3)4/h12-14,16-17H,9-11H2,1-8H3/t12-,13+,14-,16-,17-/m0/s1. The van der Waals surface area contributed by atoms with Crippen LogP contribution < -0.4 is 0 Å². The molecule has 0 aromatic carbocycles. The molecule has 2 rings (SSSR count). The predicted molar refractivity (Wildman–Crippen MR) is 112 cm³/mol. The Balaban J connectivity index is 2.39. The van der Waals surface area contributed by atoms with Gasteiger partial charge < -0.3 is 14.2 Å². The zero-order valence-electron chi connectivity index (χ0n) is 18.8. The van der Waals surface area contributed by atoms with E-state index in [2.05, 4.69) is 6.92 Å². The molecule has 0 aromatic rings. The van der Waals surface area contributed by atoms with Crippen molar-refractivity contribution >= 4 is 29.8 Å². The number of likely N-dealkylation sites (tertiary alicyclic amines) is 1. The smallest absolute Gasteiger partial charge is 0.411 e. The summed E-state index contributed by atoms with van der Waals surface area (Å²) in [5.41, 5.74) is -1.35. The fourth-order valence-corrected chi connectivity index (χ4v) is 5.68. The van der Waals surface area contributed by atoms with Crippen molar-refractivity contribution in [2.75, 3.05) is 19.4 Å². The summed E-state index contributed by atoms with van der Waals surface area (Å²) in [4.78, 5) is 39.7. The summed E-state index contributed by atoms with van der Waals surface area (Å²) in [6, 6.07) is -0.779. The molecule has 5 atom stereocenters. The third-order valence-corrected chi connectivity index (χ3v) is 6.83. The van der Waals surface area contributed by atoms with Crippen molar-refractivity contribution in [3.63, 3.8) is 0 Å². The fourth-order valence-electron chi connectivity index (χ4n) is 4.05. The van der Waals surface area contributed by atoms with Crippen molar-refractivity contribution in [2.24, 2.45) is 17.8 Å². The molecular formula is C21H35NO6S. The van der Waals surface area contributed by atoms with Crippen LogP contribution >= 0.6 is 11.8 Å². The predicted octanol–water partition coefficient (Wildman–Crippen LogP) is 3.49. The summed E-state index contributed by atoms with van der Waals surface area (Å²) in [5.74, 6) is 0.318. The van der Waals surface area contributed by atoms with Crippen LogP contribution in [0.25, 0.3) is 0 Å². The third-order valence-electron chi connectivity index (χ3n) is 5.21. The van der Waals surface area contributed by atoms with Gasteiger partial charge in [0.05, 0.1) is 13.5 Å². The van der Waals surface area contributed by atoms with E-state index in [1.807, 2.05) is 0 Å². The van der Waals surface area contributed by atoms with E-state index in [0.717, 1.165) is 5.75 Å². The molecular weight excluding hydrogens is 394 g/mol. The van der Waals surface area contributed by atoms with Gasteiger partial charge in [0.2, 0.25) is 0 Å². The maximum absolute atomic E-state index is 13.2. The quantitative estimate of drug-likeness (QED) is 0.502. The third kappa shape index (κ3) is 6.03. The van der Waals surface area contributed by atoms with Crippen molar-refractivity contribution in [2.45, 2.75) is 77.4 Å². The molecule has 2 saturated heterocycles. The Morgan fingerprint density at radius 3 is 2.14 bits per heavy atom. The van der Waals surface area contributed by atoms with Crippen LogP contribution in [0.3, 0.4) is 0 Å². The highest BCUT2D eigenvalue weighted by molar-refractivity contribution is 8.00. The Bertz CT molecular complexity index is 638. The van der Waals surface area contributed by atoms with Crippen molar-refractivity contribution in [3.8, 4) is 0 Å². The molecule has 166 valence electrons. The van der Waals surface area contributed by atoms with Gasteiger partial charge in [0, 0.05) is 17.7 Å². The minimum absolute atomic E-state index is 0.0935. The van der Waals surface area contributed by atoms with Gasteiger partial charge in [-0.25, -0.2) is 9.59 Å². The second kappa shape index (κ2) is 8.74. The number of carbonyl (C=O) groups excluding carboxylic acids is 3. The zero-order chi connectivity index (χ0) is 22.1. The molecule has 0 unspecified atom stereocenters. The van der Waals surface area contributed by atoms with E-state index in [9.17, 15) is 14.4 Å². The number of hydrogen-bond acceptors (Lipinski definition) is 7. The van der Waals surface area contributed by atoms with Crippen LogP contribution in [-0.2, 0) is 23.8 Å². The minimum atomic E-state index is -0.779. The average molecular weight is 430 g/mol. The maximum atomic E-state index is 13.2. The minimum Gasteiger partial charge on any atom is -0.469 e. The number of hydrogen-bond donors (Lipinski definition) is 0. The second-order valence-corrected chi connectivity index (χ2v) is 11.3. The number of amides is 1. The lowest BCUT2D eigenvalue weighted by Crippen LogP contribution is -2.50. The van der Waals surface area contributed by atoms with Crippen LogP contribution in [0.2, 0.25) is 0 Å². The Hall–Kier alpha value is -1.44. The van der Waals surface area contributed by atoms with E-state index in [0.29, 0.717) is 12.5 Å². The van der Waals surface area contributed by atoms with Gasteiger partial charge in [-0.05, 0) is 59.1 Å². The van der Waals surface area contributed by atoms with Crippen LogP contribution in [-0.4, -0.2) is 64.8 Å². The number of rotatable bonds is 3. The first-order chi connectivity index (χ1) is 13.2. The molecule has 0 radical (unpaired) electrons. The largest absolute Gasteiger partial charge is 0.469 e. The molecule has 7 nitrogen and oxygen atoms in total. The summed E-state index contributed by atoms with van der Waals surface area (Å²) >= 11 is 1.67. The lowest BCUT2D eigenvalue weighted by Gasteiger charge is -2.39. The van der Waals surface area contributed by atoms with Gasteiger partial charge in [-0.15, -0.1) is 0 Å². The number of fused-ring (bicyclic) bond motifs is 1. The maximum Gasteiger partial charge on any atom is 0.411 e. The van der Waals surface area contributed by atoms with E-state index in [4.69, 9.17) is 14.2 Å². The van der Waals surface area contributed by atoms with Crippen LogP contribution in [0.5, 0.6) is 0 Å². The highest BCUT2D eigenvalue weighted by Crippen LogP contribution is 2.48. The topological polar surface area (TPSA) is 82.1 Å². The van der Waals surface area contributed by atoms with E-state index >= 15 is 0 Å². The first-order valence-corrected chi connectivity index (χ1v) is 11.2. The van der Waals surface area contributed by atoms with Crippen molar-refractivity contribution in [1.82, 2.24) is 4.90 Å². The zero-order valence-corrected chi connectivity index (χ0v) is 19.6. The van der Waals surface area contributed by atoms with Gasteiger partial charge in [0.1, 0.15) is 17.2 Å². The van der Waals surface area contributed by atoms with Crippen molar-refractivity contribution in [1.29, 1.82) is 0 Å². The summed E-state index contributed by atoms with van der Waals surface area (Å²) in [6.45, 7) is 13.4. The van der Waals surface area contributed by atoms with Gasteiger partial charge in [0.25, 0.3) is 0 Å². The van der Waals surface area contributed by atoms with E-state index in [1.54, 1.807) is 53.3 Å². The Morgan fingerprint density at radius 1 is 1.03 bits per heavy atom. The number of carbonyl (C=O) groups is 3. The highest BCUT2D eigenvalue weighted by atomic mass is 32.2. The van der Waals surface area contributed by atoms with Gasteiger partial charge in [-0.3, -0.25) is 9.69 Å². The molecule has 2 heterocycles. The molecule has 2 aliphatic heterocycles. The van der Waals surface area contributed by atoms with Crippen LogP contribution in [0.15, 0.2) is 0 Å². The van der Waals surface area contributed by atoms with E-state index in [-0.39, 0.29) is 29.5 Å². The molecule has 0 bridgehead atoms. The first kappa shape index (κ1) is 23.8. The highest BCUT2D eigenvalue weighted by Gasteiger charge is 2.56. The van der Waals surface area contributed by atoms with Crippen LogP contribution in [0.4, 0.5) is 4.79 Å². The molecule has 29 heavy (non-hydrogen) atoms. The van der Waals surface area contributed by atoms with Crippen LogP contribution in [0.1, 0.15) is 54.9 Å². The molecule has 2 fully saturated rings. The van der Waals surface area contributed by atoms with Crippen molar-refractivity contribution < 1.29 is 28.6 Å². The average Bonchev–Trinajstić information content (AvgIpc) is 2.96. The van der Waals surface area contributed by atoms with Gasteiger partial charge >= 0.3 is 18.0 Å². The van der Waals surface area contributed by atoms with E-state index < -0.39 is 29.3 Å². The molecule has 0 aliphatic carbocycles. The number of thioether (sulfide) groups is 1. The molecule has 0 aromatic heterocycles. The van der Waals surface area contributed by atoms with E-state index in [1.165, 1.54) is 12.0 Å². The second-order valence-electron chi connectivity index (χ2n) is 9.98. The SMILES string of the molecule is COC(=O)C[C@@H]1SC[C@H](C)[C@H]2CN(C(=O)OC(C)(C)C)[C@H](C(=O)OC(C)(C)C)[C@@H]21. The fraction of sp³-hybridized carbons (Fsp3) is 0.857. The molecule has 1 amide bonds. The Kier molecular flexibility index (Phi) is 7.18.